The van der Waals surface area contributed by atoms with Crippen LogP contribution >= 0.6 is 0 Å². The third kappa shape index (κ3) is 3.42. The second-order valence-electron chi connectivity index (χ2n) is 9.23. The topological polar surface area (TPSA) is 72.2 Å². The minimum absolute atomic E-state index is 0.0143. The van der Waals surface area contributed by atoms with Gasteiger partial charge in [0, 0.05) is 55.8 Å². The van der Waals surface area contributed by atoms with E-state index in [2.05, 4.69) is 27.3 Å². The molecule has 7 heteroatoms. The molecule has 3 aromatic heterocycles. The first-order valence-electron chi connectivity index (χ1n) is 11.5. The number of fused-ring (bicyclic) bond motifs is 1. The lowest BCUT2D eigenvalue weighted by atomic mass is 10.0. The van der Waals surface area contributed by atoms with Crippen LogP contribution in [0, 0.1) is 0 Å². The van der Waals surface area contributed by atoms with Gasteiger partial charge in [-0.25, -0.2) is 0 Å². The molecule has 3 aliphatic rings. The molecule has 0 amide bonds. The van der Waals surface area contributed by atoms with Crippen LogP contribution in [0.1, 0.15) is 30.1 Å². The van der Waals surface area contributed by atoms with Crippen LogP contribution in [0.2, 0.25) is 0 Å². The average molecular weight is 430 g/mol. The Bertz CT molecular complexity index is 1320. The van der Waals surface area contributed by atoms with Crippen molar-refractivity contribution in [2.45, 2.75) is 37.9 Å². The molecule has 0 saturated carbocycles. The third-order valence-electron chi connectivity index (χ3n) is 7.17. The smallest absolute Gasteiger partial charge is 0.252 e. The summed E-state index contributed by atoms with van der Waals surface area (Å²) in [5, 5.41) is 4.69. The monoisotopic (exact) mass is 429 g/mol. The summed E-state index contributed by atoms with van der Waals surface area (Å²) in [6.45, 7) is 4.31. The van der Waals surface area contributed by atoms with Gasteiger partial charge in [-0.3, -0.25) is 23.7 Å². The molecule has 1 atom stereocenters. The number of rotatable bonds is 5. The Labute approximate surface area is 186 Å². The van der Waals surface area contributed by atoms with Crippen LogP contribution in [0.25, 0.3) is 17.1 Å². The molecule has 164 valence electrons. The number of likely N-dealkylation sites (tertiary alicyclic amines) is 1. The molecule has 1 N–H and O–H groups in total. The van der Waals surface area contributed by atoms with Gasteiger partial charge in [0.15, 0.2) is 0 Å². The molecule has 2 aliphatic heterocycles. The highest BCUT2D eigenvalue weighted by Gasteiger charge is 2.29. The van der Waals surface area contributed by atoms with E-state index in [0.717, 1.165) is 56.5 Å². The molecule has 32 heavy (non-hydrogen) atoms. The Morgan fingerprint density at radius 3 is 2.66 bits per heavy atom. The van der Waals surface area contributed by atoms with Gasteiger partial charge in [0.2, 0.25) is 0 Å². The third-order valence-corrected chi connectivity index (χ3v) is 7.17. The number of piperidine rings is 1. The molecule has 0 unspecified atom stereocenters. The van der Waals surface area contributed by atoms with E-state index in [0.29, 0.717) is 12.6 Å². The van der Waals surface area contributed by atoms with Gasteiger partial charge in [-0.05, 0) is 55.3 Å². The van der Waals surface area contributed by atoms with Crippen molar-refractivity contribution in [1.82, 2.24) is 24.3 Å². The number of hydrogen-bond acceptors (Lipinski definition) is 5. The molecule has 1 fully saturated rings. The van der Waals surface area contributed by atoms with Crippen LogP contribution in [0.3, 0.4) is 0 Å². The molecule has 7 nitrogen and oxygen atoms in total. The van der Waals surface area contributed by atoms with Gasteiger partial charge in [0.1, 0.15) is 5.65 Å². The highest BCUT2D eigenvalue weighted by Crippen LogP contribution is 2.26. The Hall–Kier alpha value is -3.03. The minimum Gasteiger partial charge on any atom is -0.310 e. The van der Waals surface area contributed by atoms with E-state index < -0.39 is 0 Å². The zero-order valence-corrected chi connectivity index (χ0v) is 18.0. The fourth-order valence-electron chi connectivity index (χ4n) is 5.51. The van der Waals surface area contributed by atoms with Gasteiger partial charge >= 0.3 is 0 Å². The Kier molecular flexibility index (Phi) is 4.81. The SMILES string of the molecule is O=c1ccc2ccc(=O)n3c2n1C[C@H]3CN1CCC(NCC2=Cc3cccnc3C2)CC1. The molecule has 0 spiro atoms. The highest BCUT2D eigenvalue weighted by molar-refractivity contribution is 5.76. The van der Waals surface area contributed by atoms with Gasteiger partial charge in [-0.1, -0.05) is 12.1 Å². The second kappa shape index (κ2) is 7.83. The molecule has 1 aliphatic carbocycles. The van der Waals surface area contributed by atoms with Crippen LogP contribution < -0.4 is 16.4 Å². The van der Waals surface area contributed by atoms with Crippen molar-refractivity contribution < 1.29 is 0 Å². The lowest BCUT2D eigenvalue weighted by Gasteiger charge is -2.34. The number of nitrogens with zero attached hydrogens (tertiary/aromatic N) is 4. The summed E-state index contributed by atoms with van der Waals surface area (Å²) >= 11 is 0. The van der Waals surface area contributed by atoms with Crippen molar-refractivity contribution in [3.63, 3.8) is 0 Å². The Morgan fingerprint density at radius 2 is 1.84 bits per heavy atom. The van der Waals surface area contributed by atoms with Crippen molar-refractivity contribution in [2.75, 3.05) is 26.2 Å². The van der Waals surface area contributed by atoms with Crippen molar-refractivity contribution in [1.29, 1.82) is 0 Å². The van der Waals surface area contributed by atoms with Crippen molar-refractivity contribution in [2.24, 2.45) is 0 Å². The summed E-state index contributed by atoms with van der Waals surface area (Å²) in [5.74, 6) is 0. The lowest BCUT2D eigenvalue weighted by Crippen LogP contribution is -2.45. The van der Waals surface area contributed by atoms with Crippen LogP contribution in [-0.2, 0) is 13.0 Å². The maximum atomic E-state index is 12.6. The summed E-state index contributed by atoms with van der Waals surface area (Å²) < 4.78 is 3.59. The highest BCUT2D eigenvalue weighted by atomic mass is 16.1. The van der Waals surface area contributed by atoms with Crippen LogP contribution in [0.5, 0.6) is 0 Å². The summed E-state index contributed by atoms with van der Waals surface area (Å²) in [6.07, 6.45) is 7.27. The van der Waals surface area contributed by atoms with E-state index in [1.165, 1.54) is 16.8 Å². The molecule has 5 heterocycles. The van der Waals surface area contributed by atoms with Crippen LogP contribution in [0.4, 0.5) is 0 Å². The standard InChI is InChI=1S/C25H27N5O2/c31-23-5-3-18-4-6-24(32)30-21(16-29(23)25(18)30)15-28-10-7-20(8-11-28)27-14-17-12-19-2-1-9-26-22(19)13-17/h1-6,9,12,20-21,27H,7-8,10-11,13-16H2/t21-/m1/s1. The predicted octanol–water partition coefficient (Wildman–Crippen LogP) is 1.81. The maximum Gasteiger partial charge on any atom is 0.252 e. The van der Waals surface area contributed by atoms with E-state index in [1.54, 1.807) is 16.7 Å². The van der Waals surface area contributed by atoms with E-state index in [1.807, 2.05) is 29.0 Å². The fraction of sp³-hybridized carbons (Fsp3) is 0.400. The fourth-order valence-corrected chi connectivity index (χ4v) is 5.51. The number of hydrogen-bond donors (Lipinski definition) is 1. The second-order valence-corrected chi connectivity index (χ2v) is 9.23. The molecular formula is C25H27N5O2. The zero-order chi connectivity index (χ0) is 21.7. The average Bonchev–Trinajstić information content (AvgIpc) is 3.40. The van der Waals surface area contributed by atoms with E-state index in [-0.39, 0.29) is 17.2 Å². The summed E-state index contributed by atoms with van der Waals surface area (Å²) in [5.41, 5.74) is 4.56. The molecule has 6 rings (SSSR count). The summed E-state index contributed by atoms with van der Waals surface area (Å²) in [7, 11) is 0. The van der Waals surface area contributed by atoms with Crippen molar-refractivity contribution in [3.05, 3.63) is 80.1 Å². The molecule has 0 bridgehead atoms. The number of pyridine rings is 3. The van der Waals surface area contributed by atoms with Gasteiger partial charge in [0.05, 0.1) is 11.7 Å². The molecule has 0 aromatic carbocycles. The van der Waals surface area contributed by atoms with Gasteiger partial charge in [-0.15, -0.1) is 0 Å². The molecule has 1 saturated heterocycles. The van der Waals surface area contributed by atoms with Gasteiger partial charge < -0.3 is 10.2 Å². The van der Waals surface area contributed by atoms with Crippen LogP contribution in [-0.4, -0.2) is 51.2 Å². The molecule has 0 radical (unpaired) electrons. The summed E-state index contributed by atoms with van der Waals surface area (Å²) in [4.78, 5) is 31.9. The number of nitrogens with one attached hydrogen (secondary N) is 1. The van der Waals surface area contributed by atoms with Gasteiger partial charge in [-0.2, -0.15) is 0 Å². The zero-order valence-electron chi connectivity index (χ0n) is 18.0. The molecular weight excluding hydrogens is 402 g/mol. The largest absolute Gasteiger partial charge is 0.310 e. The first-order valence-corrected chi connectivity index (χ1v) is 11.5. The van der Waals surface area contributed by atoms with E-state index in [4.69, 9.17) is 0 Å². The van der Waals surface area contributed by atoms with Crippen molar-refractivity contribution >= 4 is 17.1 Å². The quantitative estimate of drug-likeness (QED) is 0.670. The normalized spacial score (nSPS) is 20.6. The minimum atomic E-state index is -0.0270. The Balaban J connectivity index is 1.06. The maximum absolute atomic E-state index is 12.6. The van der Waals surface area contributed by atoms with E-state index in [9.17, 15) is 9.59 Å². The summed E-state index contributed by atoms with van der Waals surface area (Å²) in [6, 6.07) is 11.5. The predicted molar refractivity (Wildman–Crippen MR) is 125 cm³/mol. The number of aromatic nitrogens is 3. The molecule has 3 aromatic rings. The van der Waals surface area contributed by atoms with Gasteiger partial charge in [0.25, 0.3) is 11.1 Å². The first-order chi connectivity index (χ1) is 15.7. The first kappa shape index (κ1) is 19.6. The lowest BCUT2D eigenvalue weighted by molar-refractivity contribution is 0.173. The van der Waals surface area contributed by atoms with Crippen LogP contribution in [0.15, 0.2) is 57.8 Å². The van der Waals surface area contributed by atoms with E-state index >= 15 is 0 Å². The van der Waals surface area contributed by atoms with Crippen molar-refractivity contribution in [3.8, 4) is 0 Å². The Morgan fingerprint density at radius 1 is 1.03 bits per heavy atom.